The molecule has 0 radical (unpaired) electrons. The van der Waals surface area contributed by atoms with Gasteiger partial charge in [0.1, 0.15) is 11.3 Å². The summed E-state index contributed by atoms with van der Waals surface area (Å²) in [6.07, 6.45) is 4.49. The van der Waals surface area contributed by atoms with Gasteiger partial charge in [0.2, 0.25) is 0 Å². The van der Waals surface area contributed by atoms with E-state index in [2.05, 4.69) is 23.7 Å². The number of ether oxygens (including phenoxy) is 3. The largest absolute Gasteiger partial charge is 0.493 e. The monoisotopic (exact) mass is 377 g/mol. The van der Waals surface area contributed by atoms with Crippen molar-refractivity contribution in [2.24, 2.45) is 0 Å². The molecule has 0 unspecified atom stereocenters. The molecule has 4 nitrogen and oxygen atoms in total. The lowest BCUT2D eigenvalue weighted by Crippen LogP contribution is -2.04. The van der Waals surface area contributed by atoms with E-state index >= 15 is 0 Å². The minimum atomic E-state index is 0.618. The van der Waals surface area contributed by atoms with Crippen molar-refractivity contribution in [3.63, 3.8) is 0 Å². The first-order chi connectivity index (χ1) is 13.7. The Hall–Kier alpha value is -3.01. The molecule has 0 N–H and O–H groups in total. The van der Waals surface area contributed by atoms with Crippen molar-refractivity contribution in [2.75, 3.05) is 20.3 Å². The predicted octanol–water partition coefficient (Wildman–Crippen LogP) is 5.52. The van der Waals surface area contributed by atoms with Crippen LogP contribution in [0.15, 0.2) is 61.2 Å². The van der Waals surface area contributed by atoms with E-state index in [1.165, 1.54) is 0 Å². The van der Waals surface area contributed by atoms with Gasteiger partial charge in [0.15, 0.2) is 11.5 Å². The average molecular weight is 377 g/mol. The first-order valence-electron chi connectivity index (χ1n) is 9.61. The summed E-state index contributed by atoms with van der Waals surface area (Å²) in [6.45, 7) is 7.01. The molecule has 146 valence electrons. The highest BCUT2D eigenvalue weighted by molar-refractivity contribution is 5.84. The van der Waals surface area contributed by atoms with Gasteiger partial charge in [-0.2, -0.15) is 0 Å². The number of pyridine rings is 1. The Labute approximate surface area is 166 Å². The summed E-state index contributed by atoms with van der Waals surface area (Å²) in [5, 5.41) is 1.10. The van der Waals surface area contributed by atoms with Crippen molar-refractivity contribution in [1.29, 1.82) is 0 Å². The van der Waals surface area contributed by atoms with Gasteiger partial charge in [-0.25, -0.2) is 4.98 Å². The number of allylic oxidation sites excluding steroid dienone is 1. The molecule has 0 fully saturated rings. The van der Waals surface area contributed by atoms with Gasteiger partial charge in [-0.05, 0) is 56.0 Å². The second-order valence-electron chi connectivity index (χ2n) is 6.66. The fraction of sp³-hybridized carbons (Fsp3) is 0.292. The lowest BCUT2D eigenvalue weighted by Gasteiger charge is -2.12. The molecule has 28 heavy (non-hydrogen) atoms. The van der Waals surface area contributed by atoms with E-state index in [-0.39, 0.29) is 0 Å². The summed E-state index contributed by atoms with van der Waals surface area (Å²) in [5.41, 5.74) is 3.07. The van der Waals surface area contributed by atoms with E-state index in [0.717, 1.165) is 58.7 Å². The third-order valence-electron chi connectivity index (χ3n) is 4.48. The molecule has 0 saturated carbocycles. The Morgan fingerprint density at radius 1 is 0.929 bits per heavy atom. The highest BCUT2D eigenvalue weighted by Crippen LogP contribution is 2.28. The molecule has 0 spiro atoms. The molecule has 0 aliphatic rings. The molecule has 0 amide bonds. The molecule has 2 aromatic carbocycles. The van der Waals surface area contributed by atoms with Gasteiger partial charge in [-0.15, -0.1) is 6.58 Å². The summed E-state index contributed by atoms with van der Waals surface area (Å²) in [7, 11) is 1.66. The fourth-order valence-electron chi connectivity index (χ4n) is 3.03. The zero-order chi connectivity index (χ0) is 19.8. The van der Waals surface area contributed by atoms with Crippen LogP contribution < -0.4 is 14.2 Å². The molecular weight excluding hydrogens is 350 g/mol. The molecule has 3 rings (SSSR count). The fourth-order valence-corrected chi connectivity index (χ4v) is 3.03. The van der Waals surface area contributed by atoms with Crippen LogP contribution in [0.5, 0.6) is 17.2 Å². The van der Waals surface area contributed by atoms with Gasteiger partial charge in [0.25, 0.3) is 0 Å². The number of hydrogen-bond donors (Lipinski definition) is 0. The smallest absolute Gasteiger partial charge is 0.161 e. The Bertz CT molecular complexity index is 936. The normalized spacial score (nSPS) is 10.6. The Balaban J connectivity index is 1.47. The van der Waals surface area contributed by atoms with Gasteiger partial charge in [0, 0.05) is 11.1 Å². The molecular formula is C24H27NO3. The van der Waals surface area contributed by atoms with Gasteiger partial charge in [-0.3, -0.25) is 0 Å². The van der Waals surface area contributed by atoms with Crippen LogP contribution in [-0.4, -0.2) is 25.3 Å². The van der Waals surface area contributed by atoms with Crippen LogP contribution in [0.2, 0.25) is 0 Å². The average Bonchev–Trinajstić information content (AvgIpc) is 2.71. The summed E-state index contributed by atoms with van der Waals surface area (Å²) < 4.78 is 17.3. The second-order valence-corrected chi connectivity index (χ2v) is 6.66. The van der Waals surface area contributed by atoms with Crippen LogP contribution in [-0.2, 0) is 6.42 Å². The Morgan fingerprint density at radius 3 is 2.46 bits per heavy atom. The van der Waals surface area contributed by atoms with Crippen LogP contribution in [0.4, 0.5) is 0 Å². The zero-order valence-electron chi connectivity index (χ0n) is 16.6. The van der Waals surface area contributed by atoms with Crippen LogP contribution in [0.1, 0.15) is 24.1 Å². The first kappa shape index (κ1) is 19.7. The van der Waals surface area contributed by atoms with Gasteiger partial charge >= 0.3 is 0 Å². The van der Waals surface area contributed by atoms with E-state index in [1.807, 2.05) is 49.4 Å². The van der Waals surface area contributed by atoms with E-state index in [4.69, 9.17) is 14.2 Å². The Kier molecular flexibility index (Phi) is 6.90. The molecule has 1 aromatic heterocycles. The van der Waals surface area contributed by atoms with Crippen molar-refractivity contribution >= 4 is 10.9 Å². The van der Waals surface area contributed by atoms with Gasteiger partial charge in [0.05, 0.1) is 20.3 Å². The molecule has 1 heterocycles. The van der Waals surface area contributed by atoms with Crippen LogP contribution >= 0.6 is 0 Å². The third kappa shape index (κ3) is 5.03. The van der Waals surface area contributed by atoms with Crippen molar-refractivity contribution in [3.05, 3.63) is 72.4 Å². The maximum absolute atomic E-state index is 5.96. The minimum absolute atomic E-state index is 0.618. The van der Waals surface area contributed by atoms with Crippen LogP contribution in [0, 0.1) is 6.92 Å². The molecule has 0 atom stereocenters. The number of nitrogens with zero attached hydrogens (tertiary/aromatic N) is 1. The van der Waals surface area contributed by atoms with Crippen molar-refractivity contribution in [1.82, 2.24) is 4.98 Å². The van der Waals surface area contributed by atoms with Crippen molar-refractivity contribution < 1.29 is 14.2 Å². The number of para-hydroxylation sites is 1. The van der Waals surface area contributed by atoms with Gasteiger partial charge < -0.3 is 14.2 Å². The van der Waals surface area contributed by atoms with Gasteiger partial charge in [-0.1, -0.05) is 30.3 Å². The molecule has 0 saturated heterocycles. The van der Waals surface area contributed by atoms with E-state index < -0.39 is 0 Å². The SMILES string of the molecule is C=CCc1ccc(OCCCCOc2cccc3ccc(C)nc23)c(OC)c1. The summed E-state index contributed by atoms with van der Waals surface area (Å²) in [5.74, 6) is 2.36. The summed E-state index contributed by atoms with van der Waals surface area (Å²) in [6, 6.07) is 16.1. The molecule has 0 aliphatic carbocycles. The highest BCUT2D eigenvalue weighted by atomic mass is 16.5. The summed E-state index contributed by atoms with van der Waals surface area (Å²) >= 11 is 0. The highest BCUT2D eigenvalue weighted by Gasteiger charge is 2.06. The Morgan fingerprint density at radius 2 is 1.71 bits per heavy atom. The maximum atomic E-state index is 5.96. The number of fused-ring (bicyclic) bond motifs is 1. The standard InChI is InChI=1S/C24H27NO3/c1-4-8-19-12-14-21(23(17-19)26-3)27-15-5-6-16-28-22-10-7-9-20-13-11-18(2)25-24(20)22/h4,7,9-14,17H,1,5-6,8,15-16H2,2-3H3. The molecule has 3 aromatic rings. The number of unbranched alkanes of at least 4 members (excludes halogenated alkanes) is 1. The van der Waals surface area contributed by atoms with E-state index in [9.17, 15) is 0 Å². The van der Waals surface area contributed by atoms with E-state index in [1.54, 1.807) is 7.11 Å². The number of methoxy groups -OCH3 is 1. The molecule has 0 bridgehead atoms. The van der Waals surface area contributed by atoms with Crippen LogP contribution in [0.25, 0.3) is 10.9 Å². The minimum Gasteiger partial charge on any atom is -0.493 e. The maximum Gasteiger partial charge on any atom is 0.161 e. The summed E-state index contributed by atoms with van der Waals surface area (Å²) in [4.78, 5) is 4.60. The van der Waals surface area contributed by atoms with E-state index in [0.29, 0.717) is 13.2 Å². The number of hydrogen-bond acceptors (Lipinski definition) is 4. The second kappa shape index (κ2) is 9.79. The number of aryl methyl sites for hydroxylation is 1. The molecule has 0 aliphatic heterocycles. The first-order valence-corrected chi connectivity index (χ1v) is 9.61. The van der Waals surface area contributed by atoms with Crippen molar-refractivity contribution in [2.45, 2.75) is 26.2 Å². The topological polar surface area (TPSA) is 40.6 Å². The molecule has 4 heteroatoms. The quantitative estimate of drug-likeness (QED) is 0.345. The number of rotatable bonds is 10. The zero-order valence-corrected chi connectivity index (χ0v) is 16.6. The third-order valence-corrected chi connectivity index (χ3v) is 4.48. The lowest BCUT2D eigenvalue weighted by atomic mass is 10.1. The number of aromatic nitrogens is 1. The lowest BCUT2D eigenvalue weighted by molar-refractivity contribution is 0.259. The predicted molar refractivity (Wildman–Crippen MR) is 114 cm³/mol. The van der Waals surface area contributed by atoms with Crippen LogP contribution in [0.3, 0.4) is 0 Å². The van der Waals surface area contributed by atoms with Crippen molar-refractivity contribution in [3.8, 4) is 17.2 Å². The number of benzene rings is 2.